The van der Waals surface area contributed by atoms with Crippen LogP contribution in [-0.2, 0) is 4.74 Å². The maximum Gasteiger partial charge on any atom is 0.191 e. The first kappa shape index (κ1) is 28.9. The zero-order valence-corrected chi connectivity index (χ0v) is 23.1. The van der Waals surface area contributed by atoms with Crippen LogP contribution in [0.3, 0.4) is 0 Å². The lowest BCUT2D eigenvalue weighted by molar-refractivity contribution is 0.00272. The molecule has 31 heavy (non-hydrogen) atoms. The summed E-state index contributed by atoms with van der Waals surface area (Å²) in [6.45, 7) is 23.7. The van der Waals surface area contributed by atoms with Gasteiger partial charge in [0.25, 0.3) is 0 Å². The molecule has 0 aromatic heterocycles. The second-order valence-corrected chi connectivity index (χ2v) is 8.71. The normalized spacial score (nSPS) is 21.5. The van der Waals surface area contributed by atoms with Crippen molar-refractivity contribution in [3.63, 3.8) is 0 Å². The van der Waals surface area contributed by atoms with Gasteiger partial charge < -0.3 is 20.3 Å². The van der Waals surface area contributed by atoms with Crippen molar-refractivity contribution < 1.29 is 4.74 Å². The molecular formula is C23H49IN6O. The Balaban J connectivity index is 0.00000480. The summed E-state index contributed by atoms with van der Waals surface area (Å²) in [6, 6.07) is 1.01. The van der Waals surface area contributed by atoms with Crippen LogP contribution in [0.2, 0.25) is 0 Å². The number of ether oxygens (including phenoxy) is 1. The minimum Gasteiger partial charge on any atom is -0.379 e. The van der Waals surface area contributed by atoms with Gasteiger partial charge in [0, 0.05) is 64.4 Å². The van der Waals surface area contributed by atoms with Crippen molar-refractivity contribution in [3.8, 4) is 0 Å². The fourth-order valence-corrected chi connectivity index (χ4v) is 4.74. The van der Waals surface area contributed by atoms with Crippen molar-refractivity contribution >= 4 is 29.9 Å². The van der Waals surface area contributed by atoms with Crippen molar-refractivity contribution in [1.29, 1.82) is 0 Å². The molecule has 2 aliphatic rings. The molecule has 2 heterocycles. The van der Waals surface area contributed by atoms with E-state index in [-0.39, 0.29) is 24.0 Å². The summed E-state index contributed by atoms with van der Waals surface area (Å²) in [6.07, 6.45) is 2.43. The molecule has 2 atom stereocenters. The number of guanidine groups is 1. The van der Waals surface area contributed by atoms with Crippen molar-refractivity contribution in [2.24, 2.45) is 10.9 Å². The van der Waals surface area contributed by atoms with Gasteiger partial charge in [-0.15, -0.1) is 24.0 Å². The van der Waals surface area contributed by atoms with Crippen molar-refractivity contribution in [2.75, 3.05) is 78.7 Å². The van der Waals surface area contributed by atoms with Crippen LogP contribution in [-0.4, -0.2) is 111 Å². The standard InChI is InChI=1S/C23H48N6O.HI/c1-6-21(7-2)22(29-14-16-30-17-15-29)19-26-23(24-8-3)25-18-20(5)28-12-10-27(9-4)11-13-28;/h20-22H,6-19H2,1-5H3,(H2,24,25,26);1H. The third-order valence-electron chi connectivity index (χ3n) is 6.92. The number of morpholine rings is 1. The summed E-state index contributed by atoms with van der Waals surface area (Å²) >= 11 is 0. The highest BCUT2D eigenvalue weighted by Crippen LogP contribution is 2.19. The van der Waals surface area contributed by atoms with Crippen molar-refractivity contribution in [1.82, 2.24) is 25.3 Å². The van der Waals surface area contributed by atoms with Gasteiger partial charge in [0.15, 0.2) is 5.96 Å². The van der Waals surface area contributed by atoms with Crippen LogP contribution in [0.5, 0.6) is 0 Å². The third-order valence-corrected chi connectivity index (χ3v) is 6.92. The molecule has 2 N–H and O–H groups in total. The Morgan fingerprint density at radius 1 is 0.903 bits per heavy atom. The van der Waals surface area contributed by atoms with Crippen LogP contribution < -0.4 is 10.6 Å². The summed E-state index contributed by atoms with van der Waals surface area (Å²) in [5, 5.41) is 7.13. The van der Waals surface area contributed by atoms with Gasteiger partial charge >= 0.3 is 0 Å². The number of hydrogen-bond acceptors (Lipinski definition) is 5. The molecule has 184 valence electrons. The Bertz CT molecular complexity index is 477. The fraction of sp³-hybridized carbons (Fsp3) is 0.957. The zero-order chi connectivity index (χ0) is 21.8. The van der Waals surface area contributed by atoms with E-state index in [2.05, 4.69) is 60.0 Å². The summed E-state index contributed by atoms with van der Waals surface area (Å²) in [4.78, 5) is 12.7. The van der Waals surface area contributed by atoms with Crippen LogP contribution in [0.4, 0.5) is 0 Å². The Morgan fingerprint density at radius 3 is 2.10 bits per heavy atom. The molecule has 2 unspecified atom stereocenters. The number of hydrogen-bond donors (Lipinski definition) is 2. The first-order chi connectivity index (χ1) is 14.6. The number of nitrogens with zero attached hydrogens (tertiary/aromatic N) is 4. The lowest BCUT2D eigenvalue weighted by Crippen LogP contribution is -2.53. The molecule has 0 amide bonds. The molecule has 7 nitrogen and oxygen atoms in total. The lowest BCUT2D eigenvalue weighted by Gasteiger charge is -2.39. The summed E-state index contributed by atoms with van der Waals surface area (Å²) in [5.41, 5.74) is 0. The van der Waals surface area contributed by atoms with Crippen LogP contribution in [0.1, 0.15) is 47.5 Å². The molecule has 2 rings (SSSR count). The van der Waals surface area contributed by atoms with Crippen LogP contribution >= 0.6 is 24.0 Å². The molecule has 2 saturated heterocycles. The first-order valence-corrected chi connectivity index (χ1v) is 12.4. The molecule has 8 heteroatoms. The highest BCUT2D eigenvalue weighted by atomic mass is 127. The molecule has 0 saturated carbocycles. The molecule has 0 aromatic rings. The molecule has 0 bridgehead atoms. The summed E-state index contributed by atoms with van der Waals surface area (Å²) in [7, 11) is 0. The van der Waals surface area contributed by atoms with E-state index in [1.165, 1.54) is 25.9 Å². The minimum absolute atomic E-state index is 0. The van der Waals surface area contributed by atoms with Crippen LogP contribution in [0.15, 0.2) is 4.99 Å². The van der Waals surface area contributed by atoms with E-state index in [4.69, 9.17) is 9.73 Å². The molecule has 0 radical (unpaired) electrons. The SMILES string of the molecule is CCNC(=NCC(C)N1CCN(CC)CC1)NCC(C(CC)CC)N1CCOCC1.I. The van der Waals surface area contributed by atoms with Crippen molar-refractivity contribution in [3.05, 3.63) is 0 Å². The van der Waals surface area contributed by atoms with Gasteiger partial charge in [-0.2, -0.15) is 0 Å². The fourth-order valence-electron chi connectivity index (χ4n) is 4.74. The predicted octanol–water partition coefficient (Wildman–Crippen LogP) is 2.32. The lowest BCUT2D eigenvalue weighted by atomic mass is 9.92. The Labute approximate surface area is 208 Å². The number of rotatable bonds is 11. The minimum atomic E-state index is 0. The second-order valence-electron chi connectivity index (χ2n) is 8.71. The number of likely N-dealkylation sites (N-methyl/N-ethyl adjacent to an activating group) is 1. The molecule has 0 aliphatic carbocycles. The van der Waals surface area contributed by atoms with E-state index in [0.717, 1.165) is 71.5 Å². The maximum absolute atomic E-state index is 5.59. The second kappa shape index (κ2) is 16.5. The van der Waals surface area contributed by atoms with E-state index >= 15 is 0 Å². The van der Waals surface area contributed by atoms with Crippen LogP contribution in [0, 0.1) is 5.92 Å². The third kappa shape index (κ3) is 9.70. The van der Waals surface area contributed by atoms with E-state index < -0.39 is 0 Å². The van der Waals surface area contributed by atoms with Gasteiger partial charge in [-0.3, -0.25) is 14.8 Å². The Morgan fingerprint density at radius 2 is 1.55 bits per heavy atom. The summed E-state index contributed by atoms with van der Waals surface area (Å²) in [5.74, 6) is 1.66. The van der Waals surface area contributed by atoms with Gasteiger partial charge in [0.2, 0.25) is 0 Å². The van der Waals surface area contributed by atoms with Gasteiger partial charge in [0.05, 0.1) is 19.8 Å². The number of aliphatic imine (C=N–C) groups is 1. The highest BCUT2D eigenvalue weighted by molar-refractivity contribution is 14.0. The van der Waals surface area contributed by atoms with E-state index in [0.29, 0.717) is 18.0 Å². The summed E-state index contributed by atoms with van der Waals surface area (Å²) < 4.78 is 5.59. The number of halogens is 1. The monoisotopic (exact) mass is 552 g/mol. The Hall–Kier alpha value is -0.160. The first-order valence-electron chi connectivity index (χ1n) is 12.4. The van der Waals surface area contributed by atoms with Crippen LogP contribution in [0.25, 0.3) is 0 Å². The number of nitrogens with one attached hydrogen (secondary N) is 2. The molecule has 0 aromatic carbocycles. The molecule has 0 spiro atoms. The highest BCUT2D eigenvalue weighted by Gasteiger charge is 2.27. The molecule has 2 aliphatic heterocycles. The molecule has 2 fully saturated rings. The average Bonchev–Trinajstić information content (AvgIpc) is 2.80. The molecular weight excluding hydrogens is 503 g/mol. The van der Waals surface area contributed by atoms with Gasteiger partial charge in [-0.25, -0.2) is 0 Å². The average molecular weight is 553 g/mol. The Kier molecular flexibility index (Phi) is 15.3. The smallest absolute Gasteiger partial charge is 0.191 e. The quantitative estimate of drug-likeness (QED) is 0.233. The topological polar surface area (TPSA) is 55.4 Å². The number of piperazine rings is 1. The predicted molar refractivity (Wildman–Crippen MR) is 143 cm³/mol. The largest absolute Gasteiger partial charge is 0.379 e. The maximum atomic E-state index is 5.59. The van der Waals surface area contributed by atoms with Crippen molar-refractivity contribution in [2.45, 2.75) is 59.5 Å². The van der Waals surface area contributed by atoms with E-state index in [9.17, 15) is 0 Å². The van der Waals surface area contributed by atoms with Gasteiger partial charge in [0.1, 0.15) is 0 Å². The van der Waals surface area contributed by atoms with E-state index in [1.807, 2.05) is 0 Å². The van der Waals surface area contributed by atoms with Gasteiger partial charge in [-0.05, 0) is 26.3 Å². The van der Waals surface area contributed by atoms with Gasteiger partial charge in [-0.1, -0.05) is 33.6 Å². The zero-order valence-electron chi connectivity index (χ0n) is 20.7. The van der Waals surface area contributed by atoms with E-state index in [1.54, 1.807) is 0 Å².